The van der Waals surface area contributed by atoms with Gasteiger partial charge in [-0.15, -0.1) is 0 Å². The molecule has 0 bridgehead atoms. The summed E-state index contributed by atoms with van der Waals surface area (Å²) >= 11 is 0. The molecule has 2 heterocycles. The molecule has 1 N–H and O–H groups in total. The maximum Gasteiger partial charge on any atom is 0.119 e. The minimum Gasteiger partial charge on any atom is -0.494 e. The molecular formula is C19H27N3O2. The molecule has 1 aromatic heterocycles. The van der Waals surface area contributed by atoms with Gasteiger partial charge in [-0.3, -0.25) is 4.68 Å². The van der Waals surface area contributed by atoms with E-state index in [9.17, 15) is 0 Å². The van der Waals surface area contributed by atoms with Crippen molar-refractivity contribution in [2.75, 3.05) is 19.8 Å². The maximum atomic E-state index is 5.95. The molecule has 1 aliphatic rings. The molecule has 0 spiro atoms. The van der Waals surface area contributed by atoms with Gasteiger partial charge in [0.2, 0.25) is 0 Å². The van der Waals surface area contributed by atoms with Crippen LogP contribution in [0.4, 0.5) is 0 Å². The molecule has 0 aliphatic carbocycles. The summed E-state index contributed by atoms with van der Waals surface area (Å²) in [4.78, 5) is 0. The van der Waals surface area contributed by atoms with Crippen molar-refractivity contribution in [1.29, 1.82) is 0 Å². The van der Waals surface area contributed by atoms with Gasteiger partial charge in [-0.05, 0) is 38.0 Å². The predicted octanol–water partition coefficient (Wildman–Crippen LogP) is 3.17. The number of aryl methyl sites for hydroxylation is 1. The van der Waals surface area contributed by atoms with E-state index in [4.69, 9.17) is 9.47 Å². The average molecular weight is 329 g/mol. The molecular weight excluding hydrogens is 302 g/mol. The third kappa shape index (κ3) is 4.16. The Kier molecular flexibility index (Phi) is 5.88. The lowest BCUT2D eigenvalue weighted by Crippen LogP contribution is -2.24. The van der Waals surface area contributed by atoms with Crippen LogP contribution in [-0.2, 0) is 17.8 Å². The molecule has 1 fully saturated rings. The van der Waals surface area contributed by atoms with Gasteiger partial charge in [-0.1, -0.05) is 12.1 Å². The highest BCUT2D eigenvalue weighted by Gasteiger charge is 2.30. The summed E-state index contributed by atoms with van der Waals surface area (Å²) in [7, 11) is 0. The van der Waals surface area contributed by atoms with Crippen molar-refractivity contribution in [2.45, 2.75) is 39.5 Å². The van der Waals surface area contributed by atoms with Crippen LogP contribution in [0.3, 0.4) is 0 Å². The van der Waals surface area contributed by atoms with Gasteiger partial charge >= 0.3 is 0 Å². The van der Waals surface area contributed by atoms with Crippen LogP contribution >= 0.6 is 0 Å². The summed E-state index contributed by atoms with van der Waals surface area (Å²) in [6.07, 6.45) is 5.30. The molecule has 0 radical (unpaired) electrons. The molecule has 0 amide bonds. The first-order chi connectivity index (χ1) is 11.8. The van der Waals surface area contributed by atoms with E-state index < -0.39 is 0 Å². The number of aromatic nitrogens is 2. The van der Waals surface area contributed by atoms with Gasteiger partial charge in [0.05, 0.1) is 18.9 Å². The van der Waals surface area contributed by atoms with Crippen molar-refractivity contribution in [2.24, 2.45) is 5.92 Å². The zero-order valence-corrected chi connectivity index (χ0v) is 14.6. The zero-order valence-electron chi connectivity index (χ0n) is 14.6. The monoisotopic (exact) mass is 329 g/mol. The molecule has 2 atom stereocenters. The van der Waals surface area contributed by atoms with Crippen molar-refractivity contribution in [3.63, 3.8) is 0 Å². The second-order valence-electron chi connectivity index (χ2n) is 6.18. The van der Waals surface area contributed by atoms with Gasteiger partial charge < -0.3 is 14.8 Å². The molecule has 5 nitrogen and oxygen atoms in total. The van der Waals surface area contributed by atoms with Gasteiger partial charge in [0, 0.05) is 43.9 Å². The first-order valence-electron chi connectivity index (χ1n) is 8.86. The molecule has 0 saturated carbocycles. The third-order valence-corrected chi connectivity index (χ3v) is 4.47. The SMILES string of the molecule is CCOc1cccc(CNC[C@@H]2CCO[C@H]2c2cnn(CC)c2)c1. The number of hydrogen-bond acceptors (Lipinski definition) is 4. The number of nitrogens with zero attached hydrogens (tertiary/aromatic N) is 2. The summed E-state index contributed by atoms with van der Waals surface area (Å²) in [6.45, 7) is 8.32. The predicted molar refractivity (Wildman–Crippen MR) is 94.0 cm³/mol. The van der Waals surface area contributed by atoms with E-state index in [1.54, 1.807) is 0 Å². The lowest BCUT2D eigenvalue weighted by Gasteiger charge is -2.18. The van der Waals surface area contributed by atoms with Crippen molar-refractivity contribution in [3.05, 3.63) is 47.8 Å². The second-order valence-corrected chi connectivity index (χ2v) is 6.18. The Morgan fingerprint density at radius 1 is 1.38 bits per heavy atom. The summed E-state index contributed by atoms with van der Waals surface area (Å²) < 4.78 is 13.5. The highest BCUT2D eigenvalue weighted by atomic mass is 16.5. The van der Waals surface area contributed by atoms with E-state index in [0.717, 1.165) is 38.4 Å². The van der Waals surface area contributed by atoms with Gasteiger partial charge in [0.1, 0.15) is 5.75 Å². The lowest BCUT2D eigenvalue weighted by atomic mass is 9.97. The van der Waals surface area contributed by atoms with E-state index >= 15 is 0 Å². The van der Waals surface area contributed by atoms with E-state index in [2.05, 4.69) is 35.7 Å². The van der Waals surface area contributed by atoms with Crippen molar-refractivity contribution in [3.8, 4) is 5.75 Å². The molecule has 1 aliphatic heterocycles. The first kappa shape index (κ1) is 17.0. The van der Waals surface area contributed by atoms with Gasteiger partial charge in [-0.2, -0.15) is 5.10 Å². The van der Waals surface area contributed by atoms with Crippen molar-refractivity contribution < 1.29 is 9.47 Å². The Bertz CT molecular complexity index is 641. The van der Waals surface area contributed by atoms with E-state index in [1.807, 2.05) is 29.9 Å². The van der Waals surface area contributed by atoms with Crippen LogP contribution in [-0.4, -0.2) is 29.5 Å². The Hall–Kier alpha value is -1.85. The number of nitrogens with one attached hydrogen (secondary N) is 1. The van der Waals surface area contributed by atoms with Crippen molar-refractivity contribution in [1.82, 2.24) is 15.1 Å². The number of rotatable bonds is 8. The van der Waals surface area contributed by atoms with E-state index in [-0.39, 0.29) is 6.10 Å². The molecule has 1 saturated heterocycles. The smallest absolute Gasteiger partial charge is 0.119 e. The minimum absolute atomic E-state index is 0.160. The summed E-state index contributed by atoms with van der Waals surface area (Å²) in [6, 6.07) is 8.27. The quantitative estimate of drug-likeness (QED) is 0.808. The largest absolute Gasteiger partial charge is 0.494 e. The van der Waals surface area contributed by atoms with E-state index in [0.29, 0.717) is 12.5 Å². The van der Waals surface area contributed by atoms with Crippen LogP contribution in [0.1, 0.15) is 37.5 Å². The van der Waals surface area contributed by atoms with Crippen molar-refractivity contribution >= 4 is 0 Å². The van der Waals surface area contributed by atoms with Crippen LogP contribution in [0, 0.1) is 5.92 Å². The standard InChI is InChI=1S/C19H27N3O2/c1-3-22-14-17(13-21-22)19-16(8-9-24-19)12-20-11-15-6-5-7-18(10-15)23-4-2/h5-7,10,13-14,16,19-20H,3-4,8-9,11-12H2,1-2H3/t16-,19+/m0/s1. The Morgan fingerprint density at radius 3 is 3.08 bits per heavy atom. The van der Waals surface area contributed by atoms with Crippen LogP contribution in [0.2, 0.25) is 0 Å². The van der Waals surface area contributed by atoms with Crippen LogP contribution in [0.15, 0.2) is 36.7 Å². The van der Waals surface area contributed by atoms with Gasteiger partial charge in [-0.25, -0.2) is 0 Å². The Morgan fingerprint density at radius 2 is 2.29 bits per heavy atom. The molecule has 0 unspecified atom stereocenters. The number of ether oxygens (including phenoxy) is 2. The molecule has 130 valence electrons. The fraction of sp³-hybridized carbons (Fsp3) is 0.526. The minimum atomic E-state index is 0.160. The van der Waals surface area contributed by atoms with Crippen LogP contribution in [0.5, 0.6) is 5.75 Å². The zero-order chi connectivity index (χ0) is 16.8. The maximum absolute atomic E-state index is 5.95. The summed E-state index contributed by atoms with van der Waals surface area (Å²) in [5, 5.41) is 7.94. The van der Waals surface area contributed by atoms with E-state index in [1.165, 1.54) is 11.1 Å². The van der Waals surface area contributed by atoms with Gasteiger partial charge in [0.25, 0.3) is 0 Å². The van der Waals surface area contributed by atoms with Crippen LogP contribution < -0.4 is 10.1 Å². The average Bonchev–Trinajstić information content (AvgIpc) is 3.24. The van der Waals surface area contributed by atoms with Crippen LogP contribution in [0.25, 0.3) is 0 Å². The normalized spacial score (nSPS) is 20.4. The number of hydrogen-bond donors (Lipinski definition) is 1. The Balaban J connectivity index is 1.53. The number of benzene rings is 1. The lowest BCUT2D eigenvalue weighted by molar-refractivity contribution is 0.0904. The molecule has 2 aromatic rings. The fourth-order valence-corrected chi connectivity index (χ4v) is 3.22. The molecule has 5 heteroatoms. The summed E-state index contributed by atoms with van der Waals surface area (Å²) in [5.74, 6) is 1.43. The molecule has 1 aromatic carbocycles. The topological polar surface area (TPSA) is 48.3 Å². The highest BCUT2D eigenvalue weighted by Crippen LogP contribution is 2.33. The molecule has 3 rings (SSSR count). The highest BCUT2D eigenvalue weighted by molar-refractivity contribution is 5.28. The fourth-order valence-electron chi connectivity index (χ4n) is 3.22. The second kappa shape index (κ2) is 8.31. The third-order valence-electron chi connectivity index (χ3n) is 4.47. The Labute approximate surface area is 144 Å². The molecule has 24 heavy (non-hydrogen) atoms. The first-order valence-corrected chi connectivity index (χ1v) is 8.86. The summed E-state index contributed by atoms with van der Waals surface area (Å²) in [5.41, 5.74) is 2.44. The van der Waals surface area contributed by atoms with Gasteiger partial charge in [0.15, 0.2) is 0 Å².